The number of hydrogen-bond acceptors (Lipinski definition) is 14. The molecule has 0 spiro atoms. The van der Waals surface area contributed by atoms with Gasteiger partial charge in [0.2, 0.25) is 0 Å². The number of hydrogen-bond donors (Lipinski definition) is 5. The fourth-order valence-corrected chi connectivity index (χ4v) is 6.77. The molecule has 3 unspecified atom stereocenters. The number of fused-ring (bicyclic) bond motifs is 1. The molecule has 2 amide bonds. The number of urea groups is 1. The first kappa shape index (κ1) is 29.5. The molecule has 0 aromatic carbocycles. The summed E-state index contributed by atoms with van der Waals surface area (Å²) in [6.45, 7) is -0.940. The van der Waals surface area contributed by atoms with E-state index in [1.165, 1.54) is 10.9 Å². The Balaban J connectivity index is 1.41. The molecule has 2 aliphatic rings. The maximum atomic E-state index is 12.4. The molecule has 1 saturated carbocycles. The Hall–Kier alpha value is -2.53. The fraction of sp³-hybridized carbons (Fsp3) is 0.632. The lowest BCUT2D eigenvalue weighted by Crippen LogP contribution is -2.36. The number of nitrogens with one attached hydrogen (secondary N) is 2. The van der Waals surface area contributed by atoms with Crippen molar-refractivity contribution in [3.8, 4) is 0 Å². The van der Waals surface area contributed by atoms with Crippen LogP contribution in [0.2, 0.25) is 0 Å². The standard InChI is InChI=1S/C19H28N6O12P2/c26-12(27)5-6-38(31,32)37-39(33,34)35-7-11-14(28)15(29)18(36-11)25-9-22-13-16(20-8-21-17(13)25)24-19(30)23-10-3-1-2-4-10/h8-11,14-15,18,28-29H,1-7H2,(H,26,27)(H,31,32)(H,33,34)(H2,20,21,23,24,30)/p-2/t11-,14?,15+,18-/m1/s1. The zero-order valence-electron chi connectivity index (χ0n) is 20.2. The third-order valence-corrected chi connectivity index (χ3v) is 9.15. The molecule has 1 aliphatic heterocycles. The van der Waals surface area contributed by atoms with Crippen molar-refractivity contribution in [2.45, 2.75) is 62.7 Å². The van der Waals surface area contributed by atoms with Gasteiger partial charge in [0.15, 0.2) is 23.2 Å². The van der Waals surface area contributed by atoms with Crippen LogP contribution in [0.5, 0.6) is 0 Å². The molecule has 4 rings (SSSR count). The van der Waals surface area contributed by atoms with Gasteiger partial charge in [0.1, 0.15) is 32.2 Å². The van der Waals surface area contributed by atoms with Crippen LogP contribution in [0.3, 0.4) is 0 Å². The van der Waals surface area contributed by atoms with E-state index in [4.69, 9.17) is 9.84 Å². The Kier molecular flexibility index (Phi) is 9.00. The number of aliphatic hydroxyl groups excluding tert-OH is 2. The number of phosphoric acid groups is 1. The van der Waals surface area contributed by atoms with E-state index in [1.54, 1.807) is 0 Å². The fourth-order valence-electron chi connectivity index (χ4n) is 4.24. The van der Waals surface area contributed by atoms with Crippen molar-refractivity contribution in [3.05, 3.63) is 12.7 Å². The molecule has 18 nitrogen and oxygen atoms in total. The van der Waals surface area contributed by atoms with E-state index in [9.17, 15) is 38.7 Å². The number of phosphoric ester groups is 1. The number of carbonyl (C=O) groups excluding carboxylic acids is 1. The van der Waals surface area contributed by atoms with E-state index in [2.05, 4.69) is 34.4 Å². The number of imidazole rings is 1. The Morgan fingerprint density at radius 3 is 2.56 bits per heavy atom. The molecule has 1 aliphatic carbocycles. The van der Waals surface area contributed by atoms with E-state index in [0.29, 0.717) is 0 Å². The molecule has 2 aromatic rings. The quantitative estimate of drug-likeness (QED) is 0.197. The molecular formula is C19H26N6O12P2-2. The summed E-state index contributed by atoms with van der Waals surface area (Å²) in [5.41, 5.74) is 0.261. The lowest BCUT2D eigenvalue weighted by atomic mass is 10.1. The number of carboxylic acids is 1. The van der Waals surface area contributed by atoms with Crippen LogP contribution >= 0.6 is 15.4 Å². The minimum atomic E-state index is -5.50. The lowest BCUT2D eigenvalue weighted by Gasteiger charge is -2.31. The first-order chi connectivity index (χ1) is 18.3. The zero-order valence-corrected chi connectivity index (χ0v) is 22.0. The summed E-state index contributed by atoms with van der Waals surface area (Å²) in [6, 6.07) is -0.418. The van der Waals surface area contributed by atoms with Crippen molar-refractivity contribution < 1.29 is 57.4 Å². The minimum Gasteiger partial charge on any atom is -0.778 e. The van der Waals surface area contributed by atoms with Gasteiger partial charge < -0.3 is 44.2 Å². The molecule has 1 saturated heterocycles. The molecule has 20 heteroatoms. The van der Waals surface area contributed by atoms with Crippen LogP contribution in [0.1, 0.15) is 38.3 Å². The van der Waals surface area contributed by atoms with Crippen LogP contribution in [0.4, 0.5) is 10.6 Å². The number of amides is 2. The number of rotatable bonds is 11. The van der Waals surface area contributed by atoms with Gasteiger partial charge in [0, 0.05) is 12.2 Å². The van der Waals surface area contributed by atoms with Crippen LogP contribution in [-0.4, -0.2) is 84.0 Å². The van der Waals surface area contributed by atoms with Crippen molar-refractivity contribution in [1.82, 2.24) is 24.8 Å². The van der Waals surface area contributed by atoms with Crippen LogP contribution < -0.4 is 20.4 Å². The second-order valence-electron chi connectivity index (χ2n) is 8.98. The van der Waals surface area contributed by atoms with Gasteiger partial charge in [0.05, 0.1) is 19.4 Å². The number of carbonyl (C=O) groups is 2. The molecule has 2 aromatic heterocycles. The zero-order chi connectivity index (χ0) is 28.4. The van der Waals surface area contributed by atoms with Crippen molar-refractivity contribution in [1.29, 1.82) is 0 Å². The second-order valence-corrected chi connectivity index (χ2v) is 12.5. The largest absolute Gasteiger partial charge is 0.778 e. The predicted molar refractivity (Wildman–Crippen MR) is 125 cm³/mol. The Morgan fingerprint density at radius 2 is 1.87 bits per heavy atom. The van der Waals surface area contributed by atoms with Crippen molar-refractivity contribution in [3.63, 3.8) is 0 Å². The third-order valence-electron chi connectivity index (χ3n) is 6.11. The van der Waals surface area contributed by atoms with E-state index < -0.39 is 71.1 Å². The summed E-state index contributed by atoms with van der Waals surface area (Å²) in [4.78, 5) is 58.8. The second kappa shape index (κ2) is 11.9. The third kappa shape index (κ3) is 7.36. The molecule has 5 N–H and O–H groups in total. The molecule has 0 bridgehead atoms. The van der Waals surface area contributed by atoms with Crippen molar-refractivity contribution >= 4 is 44.4 Å². The average Bonchev–Trinajstić information content (AvgIpc) is 3.57. The maximum absolute atomic E-state index is 12.4. The summed E-state index contributed by atoms with van der Waals surface area (Å²) >= 11 is 0. The highest BCUT2D eigenvalue weighted by molar-refractivity contribution is 7.62. The number of aliphatic carboxylic acids is 1. The van der Waals surface area contributed by atoms with Crippen LogP contribution in [-0.2, 0) is 27.5 Å². The Bertz CT molecular complexity index is 1300. The first-order valence-electron chi connectivity index (χ1n) is 11.8. The van der Waals surface area contributed by atoms with Gasteiger partial charge in [-0.3, -0.25) is 23.6 Å². The Morgan fingerprint density at radius 1 is 1.15 bits per heavy atom. The molecular weight excluding hydrogens is 566 g/mol. The van der Waals surface area contributed by atoms with Gasteiger partial charge in [-0.1, -0.05) is 12.8 Å². The summed E-state index contributed by atoms with van der Waals surface area (Å²) < 4.78 is 38.9. The normalized spacial score (nSPS) is 26.8. The number of anilines is 1. The number of aliphatic hydroxyl groups is 2. The molecule has 2 fully saturated rings. The summed E-state index contributed by atoms with van der Waals surface area (Å²) in [7, 11) is -10.6. The lowest BCUT2D eigenvalue weighted by molar-refractivity contribution is -0.234. The monoisotopic (exact) mass is 592 g/mol. The van der Waals surface area contributed by atoms with Gasteiger partial charge in [0.25, 0.3) is 7.82 Å². The predicted octanol–water partition coefficient (Wildman–Crippen LogP) is -0.961. The van der Waals surface area contributed by atoms with Crippen molar-refractivity contribution in [2.75, 3.05) is 18.1 Å². The van der Waals surface area contributed by atoms with Crippen LogP contribution in [0.25, 0.3) is 11.2 Å². The van der Waals surface area contributed by atoms with E-state index in [1.807, 2.05) is 0 Å². The number of aromatic nitrogens is 4. The van der Waals surface area contributed by atoms with Gasteiger partial charge >= 0.3 is 12.0 Å². The summed E-state index contributed by atoms with van der Waals surface area (Å²) in [5.74, 6) is -1.40. The Labute approximate surface area is 220 Å². The average molecular weight is 592 g/mol. The highest BCUT2D eigenvalue weighted by Gasteiger charge is 2.45. The van der Waals surface area contributed by atoms with Gasteiger partial charge in [-0.25, -0.2) is 19.7 Å². The van der Waals surface area contributed by atoms with Gasteiger partial charge in [-0.15, -0.1) is 0 Å². The molecule has 0 radical (unpaired) electrons. The highest BCUT2D eigenvalue weighted by Crippen LogP contribution is 2.55. The summed E-state index contributed by atoms with van der Waals surface area (Å²) in [5, 5.41) is 34.9. The van der Waals surface area contributed by atoms with Crippen LogP contribution in [0, 0.1) is 0 Å². The van der Waals surface area contributed by atoms with Crippen molar-refractivity contribution in [2.24, 2.45) is 0 Å². The number of nitrogens with zero attached hydrogens (tertiary/aromatic N) is 4. The molecule has 216 valence electrons. The van der Waals surface area contributed by atoms with E-state index in [0.717, 1.165) is 32.0 Å². The molecule has 39 heavy (non-hydrogen) atoms. The van der Waals surface area contributed by atoms with Gasteiger partial charge in [-0.05, 0) is 12.8 Å². The van der Waals surface area contributed by atoms with Crippen LogP contribution in [0.15, 0.2) is 12.7 Å². The summed E-state index contributed by atoms with van der Waals surface area (Å²) in [6.07, 6.45) is -1.92. The number of ether oxygens (including phenoxy) is 1. The topological polar surface area (TPSA) is 270 Å². The number of carboxylic acid groups (broad SMARTS) is 1. The molecule has 6 atom stereocenters. The maximum Gasteiger partial charge on any atom is 0.320 e. The molecule has 3 heterocycles. The van der Waals surface area contributed by atoms with Gasteiger partial charge in [-0.2, -0.15) is 0 Å². The SMILES string of the molecule is O=C(O)CCP(=O)([O-])OP(=O)([O-])OC[C@H]1O[C@@H](n2cnc3c(NC(=O)NC4CCCC4)ncnc32)[C@@H](O)C1O. The van der Waals surface area contributed by atoms with E-state index in [-0.39, 0.29) is 23.0 Å². The highest BCUT2D eigenvalue weighted by atomic mass is 31.3. The van der Waals surface area contributed by atoms with E-state index >= 15 is 0 Å². The first-order valence-corrected chi connectivity index (χ1v) is 15.0. The minimum absolute atomic E-state index is 0.0581. The smallest absolute Gasteiger partial charge is 0.320 e.